The van der Waals surface area contributed by atoms with Gasteiger partial charge in [-0.2, -0.15) is 0 Å². The summed E-state index contributed by atoms with van der Waals surface area (Å²) in [5.74, 6) is -2.15. The van der Waals surface area contributed by atoms with Crippen LogP contribution in [-0.2, 0) is 20.8 Å². The van der Waals surface area contributed by atoms with Crippen molar-refractivity contribution in [2.45, 2.75) is 60.0 Å². The number of amides is 2. The van der Waals surface area contributed by atoms with E-state index in [1.54, 1.807) is 19.9 Å². The van der Waals surface area contributed by atoms with E-state index in [-0.39, 0.29) is 17.0 Å². The summed E-state index contributed by atoms with van der Waals surface area (Å²) in [6.45, 7) is 9.19. The van der Waals surface area contributed by atoms with Gasteiger partial charge in [0.25, 0.3) is 11.6 Å². The van der Waals surface area contributed by atoms with Crippen LogP contribution in [0.2, 0.25) is 0 Å². The van der Waals surface area contributed by atoms with Crippen LogP contribution >= 0.6 is 23.5 Å². The number of carboxylic acid groups (broad SMARTS) is 1. The molecule has 2 saturated heterocycles. The second-order valence-corrected chi connectivity index (χ2v) is 12.7. The number of benzene rings is 2. The first-order valence-electron chi connectivity index (χ1n) is 12.3. The minimum atomic E-state index is -1.59. The van der Waals surface area contributed by atoms with Crippen molar-refractivity contribution in [3.63, 3.8) is 0 Å². The Bertz CT molecular complexity index is 1280. The maximum atomic E-state index is 13.7. The molecule has 2 aromatic rings. The van der Waals surface area contributed by atoms with E-state index in [9.17, 15) is 29.6 Å². The quantitative estimate of drug-likeness (QED) is 0.194. The Morgan fingerprint density at radius 3 is 2.50 bits per heavy atom. The molecule has 2 heterocycles. The Hall–Kier alpha value is -3.25. The van der Waals surface area contributed by atoms with Crippen LogP contribution in [0.3, 0.4) is 0 Å². The van der Waals surface area contributed by atoms with E-state index < -0.39 is 43.7 Å². The molecule has 0 saturated carbocycles. The topological polar surface area (TPSA) is 133 Å². The number of nitro groups is 1. The molecule has 0 radical (unpaired) electrons. The van der Waals surface area contributed by atoms with E-state index in [1.807, 2.05) is 38.1 Å². The number of hydrogen-bond acceptors (Lipinski definition) is 8. The number of para-hydroxylation sites is 1. The first kappa shape index (κ1) is 27.8. The molecule has 4 rings (SSSR count). The Balaban J connectivity index is 1.67. The molecule has 2 N–H and O–H groups in total. The Morgan fingerprint density at radius 2 is 1.87 bits per heavy atom. The third-order valence-electron chi connectivity index (χ3n) is 6.80. The van der Waals surface area contributed by atoms with Gasteiger partial charge in [-0.1, -0.05) is 36.0 Å². The number of rotatable bonds is 10. The Labute approximate surface area is 229 Å². The zero-order chi connectivity index (χ0) is 27.8. The van der Waals surface area contributed by atoms with Crippen molar-refractivity contribution in [3.05, 3.63) is 64.2 Å². The normalized spacial score (nSPS) is 23.4. The summed E-state index contributed by atoms with van der Waals surface area (Å²) < 4.78 is -0.833. The van der Waals surface area contributed by atoms with Gasteiger partial charge in [-0.05, 0) is 51.5 Å². The molecular formula is C26H30N4O6S2. The number of aliphatic carboxylic acids is 1. The number of hydrogen-bond donors (Lipinski definition) is 2. The van der Waals surface area contributed by atoms with E-state index in [1.165, 1.54) is 34.9 Å². The van der Waals surface area contributed by atoms with Crippen molar-refractivity contribution in [3.8, 4) is 0 Å². The lowest BCUT2D eigenvalue weighted by Crippen LogP contribution is -2.78. The van der Waals surface area contributed by atoms with Gasteiger partial charge in [0.05, 0.1) is 16.2 Å². The molecule has 202 valence electrons. The summed E-state index contributed by atoms with van der Waals surface area (Å²) in [7, 11) is 0. The van der Waals surface area contributed by atoms with Crippen molar-refractivity contribution in [2.24, 2.45) is 0 Å². The van der Waals surface area contributed by atoms with Gasteiger partial charge < -0.3 is 20.2 Å². The lowest BCUT2D eigenvalue weighted by molar-refractivity contribution is -0.387. The van der Waals surface area contributed by atoms with Crippen molar-refractivity contribution in [1.82, 2.24) is 10.2 Å². The van der Waals surface area contributed by atoms with Crippen molar-refractivity contribution in [1.29, 1.82) is 0 Å². The highest BCUT2D eigenvalue weighted by Crippen LogP contribution is 2.60. The van der Waals surface area contributed by atoms with Gasteiger partial charge in [-0.25, -0.2) is 4.79 Å². The van der Waals surface area contributed by atoms with Crippen molar-refractivity contribution >= 4 is 52.7 Å². The molecule has 0 bridgehead atoms. The molecule has 0 aliphatic carbocycles. The zero-order valence-electron chi connectivity index (χ0n) is 21.5. The minimum Gasteiger partial charge on any atom is -0.480 e. The average molecular weight is 559 g/mol. The number of carboxylic acids is 1. The van der Waals surface area contributed by atoms with E-state index in [4.69, 9.17) is 0 Å². The van der Waals surface area contributed by atoms with Gasteiger partial charge in [0.15, 0.2) is 0 Å². The van der Waals surface area contributed by atoms with Crippen LogP contribution in [0.5, 0.6) is 0 Å². The molecule has 2 fully saturated rings. The number of β-lactam (4-membered cyclic amide) rings is 1. The fourth-order valence-electron chi connectivity index (χ4n) is 5.02. The molecule has 2 aliphatic rings. The summed E-state index contributed by atoms with van der Waals surface area (Å²) in [5.41, 5.74) is 1.54. The highest BCUT2D eigenvalue weighted by atomic mass is 32.2. The lowest BCUT2D eigenvalue weighted by atomic mass is 9.95. The predicted molar refractivity (Wildman–Crippen MR) is 147 cm³/mol. The largest absolute Gasteiger partial charge is 0.480 e. The Kier molecular flexibility index (Phi) is 7.67. The molecule has 12 heteroatoms. The number of nitrogens with one attached hydrogen (secondary N) is 1. The molecule has 2 amide bonds. The SMILES string of the molecule is CCN(CC)c1cccc(CC(=O)NC2(Sc3ccccc3[N+](=O)[O-])C(=O)N3[C@@H](C(=O)O)C(C)(C)S[C@@H]32)c1. The second kappa shape index (κ2) is 10.5. The summed E-state index contributed by atoms with van der Waals surface area (Å²) >= 11 is 2.17. The molecule has 2 aliphatic heterocycles. The monoisotopic (exact) mass is 558 g/mol. The highest BCUT2D eigenvalue weighted by molar-refractivity contribution is 8.06. The van der Waals surface area contributed by atoms with Gasteiger partial charge in [-0.15, -0.1) is 11.8 Å². The number of nitrogens with zero attached hydrogens (tertiary/aromatic N) is 3. The summed E-state index contributed by atoms with van der Waals surface area (Å²) in [6, 6.07) is 12.5. The second-order valence-electron chi connectivity index (χ2n) is 9.66. The average Bonchev–Trinajstić information content (AvgIpc) is 3.14. The molecule has 10 nitrogen and oxygen atoms in total. The van der Waals surface area contributed by atoms with Gasteiger partial charge in [0.1, 0.15) is 11.4 Å². The number of nitro benzene ring substituents is 1. The smallest absolute Gasteiger partial charge is 0.327 e. The number of carbonyl (C=O) groups is 3. The minimum absolute atomic E-state index is 0.00921. The molecular weight excluding hydrogens is 528 g/mol. The lowest BCUT2D eigenvalue weighted by Gasteiger charge is -2.52. The molecule has 0 aromatic heterocycles. The number of carbonyl (C=O) groups excluding carboxylic acids is 2. The van der Waals surface area contributed by atoms with Crippen LogP contribution in [0, 0.1) is 10.1 Å². The van der Waals surface area contributed by atoms with Crippen LogP contribution in [0.15, 0.2) is 53.4 Å². The van der Waals surface area contributed by atoms with Crippen LogP contribution < -0.4 is 10.2 Å². The summed E-state index contributed by atoms with van der Waals surface area (Å²) in [5, 5.41) is 23.7. The van der Waals surface area contributed by atoms with E-state index in [2.05, 4.69) is 10.2 Å². The fraction of sp³-hybridized carbons (Fsp3) is 0.423. The summed E-state index contributed by atoms with van der Waals surface area (Å²) in [6.07, 6.45) is -0.00921. The van der Waals surface area contributed by atoms with Gasteiger partial charge in [-0.3, -0.25) is 19.7 Å². The number of fused-ring (bicyclic) bond motifs is 1. The Morgan fingerprint density at radius 1 is 1.18 bits per heavy atom. The van der Waals surface area contributed by atoms with Crippen LogP contribution in [0.4, 0.5) is 11.4 Å². The first-order chi connectivity index (χ1) is 17.9. The van der Waals surface area contributed by atoms with E-state index in [0.29, 0.717) is 0 Å². The van der Waals surface area contributed by atoms with E-state index in [0.717, 1.165) is 36.1 Å². The van der Waals surface area contributed by atoms with Gasteiger partial charge in [0.2, 0.25) is 10.8 Å². The van der Waals surface area contributed by atoms with Crippen molar-refractivity contribution in [2.75, 3.05) is 18.0 Å². The van der Waals surface area contributed by atoms with Crippen molar-refractivity contribution < 1.29 is 24.4 Å². The van der Waals surface area contributed by atoms with Crippen LogP contribution in [0.25, 0.3) is 0 Å². The highest BCUT2D eigenvalue weighted by Gasteiger charge is 2.73. The maximum Gasteiger partial charge on any atom is 0.327 e. The molecule has 0 spiro atoms. The van der Waals surface area contributed by atoms with Gasteiger partial charge in [0, 0.05) is 29.6 Å². The van der Waals surface area contributed by atoms with Gasteiger partial charge >= 0.3 is 5.97 Å². The third-order valence-corrected chi connectivity index (χ3v) is 9.97. The standard InChI is InChI=1S/C26H30N4O6S2/c1-5-28(6-2)17-11-9-10-16(14-17)15-20(31)27-26(37-19-13-8-7-12-18(19)30(35)36)23(34)29-21(22(32)33)25(3,4)38-24(26)29/h7-14,21,24H,5-6,15H2,1-4H3,(H,27,31)(H,32,33)/t21-,24+,26?/m0/s1. The zero-order valence-corrected chi connectivity index (χ0v) is 23.2. The predicted octanol–water partition coefficient (Wildman–Crippen LogP) is 3.74. The van der Waals surface area contributed by atoms with Crippen LogP contribution in [-0.4, -0.2) is 66.8 Å². The molecule has 1 unspecified atom stereocenters. The fourth-order valence-corrected chi connectivity index (χ4v) is 8.20. The number of thioether (sulfide) groups is 2. The molecule has 3 atom stereocenters. The molecule has 2 aromatic carbocycles. The summed E-state index contributed by atoms with van der Waals surface area (Å²) in [4.78, 5) is 52.4. The third kappa shape index (κ3) is 4.82. The molecule has 38 heavy (non-hydrogen) atoms. The van der Waals surface area contributed by atoms with E-state index >= 15 is 0 Å². The first-order valence-corrected chi connectivity index (χ1v) is 14.0. The maximum absolute atomic E-state index is 13.7. The van der Waals surface area contributed by atoms with Crippen LogP contribution in [0.1, 0.15) is 33.3 Å². The number of anilines is 1.